The van der Waals surface area contributed by atoms with Crippen LogP contribution in [0.25, 0.3) is 0 Å². The lowest BCUT2D eigenvalue weighted by atomic mass is 10.2. The molecule has 1 aliphatic rings. The Morgan fingerprint density at radius 3 is 2.09 bits per heavy atom. The molecule has 6 heteroatoms. The monoisotopic (exact) mass is 376 g/mol. The summed E-state index contributed by atoms with van der Waals surface area (Å²) in [4.78, 5) is 0. The van der Waals surface area contributed by atoms with Crippen LogP contribution < -0.4 is 0 Å². The summed E-state index contributed by atoms with van der Waals surface area (Å²) in [5.74, 6) is 0. The molecule has 0 spiro atoms. The lowest BCUT2D eigenvalue weighted by Gasteiger charge is -2.60. The highest BCUT2D eigenvalue weighted by molar-refractivity contribution is 7.68. The highest BCUT2D eigenvalue weighted by Crippen LogP contribution is 2.47. The van der Waals surface area contributed by atoms with Crippen molar-refractivity contribution in [2.45, 2.75) is 96.8 Å². The molecule has 1 saturated heterocycles. The van der Waals surface area contributed by atoms with Gasteiger partial charge >= 0.3 is 0 Å². The fourth-order valence-electron chi connectivity index (χ4n) is 4.39. The topological polar surface area (TPSA) is 18.5 Å². The third-order valence-electron chi connectivity index (χ3n) is 6.00. The van der Waals surface area contributed by atoms with E-state index in [0.717, 1.165) is 6.61 Å². The molecule has 0 aliphatic carbocycles. The summed E-state index contributed by atoms with van der Waals surface area (Å²) in [6.07, 6.45) is 1.21. The fraction of sp³-hybridized carbons (Fsp3) is 1.00. The van der Waals surface area contributed by atoms with Gasteiger partial charge in [0.05, 0.1) is 7.11 Å². The van der Waals surface area contributed by atoms with Gasteiger partial charge in [0, 0.05) is 19.8 Å². The van der Waals surface area contributed by atoms with Gasteiger partial charge in [0.2, 0.25) is 0 Å². The Morgan fingerprint density at radius 2 is 1.64 bits per heavy atom. The van der Waals surface area contributed by atoms with Crippen LogP contribution in [0.15, 0.2) is 0 Å². The molecule has 0 aromatic rings. The van der Waals surface area contributed by atoms with Gasteiger partial charge in [0.25, 0.3) is 0 Å². The SMILES string of the molecule is CC[Si]1(CCCO[Si](C)(C)C)OC(C)(C)C[Si](C)(C)[Si]1(C)C. The molecule has 1 rings (SSSR count). The summed E-state index contributed by atoms with van der Waals surface area (Å²) in [6.45, 7) is 25.6. The van der Waals surface area contributed by atoms with Crippen molar-refractivity contribution in [2.24, 2.45) is 0 Å². The van der Waals surface area contributed by atoms with E-state index in [1.165, 1.54) is 24.6 Å². The van der Waals surface area contributed by atoms with Crippen LogP contribution in [0.4, 0.5) is 0 Å². The Morgan fingerprint density at radius 1 is 1.09 bits per heavy atom. The minimum absolute atomic E-state index is 0.111. The van der Waals surface area contributed by atoms with Crippen molar-refractivity contribution in [1.29, 1.82) is 0 Å². The third kappa shape index (κ3) is 4.45. The van der Waals surface area contributed by atoms with E-state index in [0.29, 0.717) is 0 Å². The highest BCUT2D eigenvalue weighted by atomic mass is 29.6. The Balaban J connectivity index is 2.92. The molecule has 1 unspecified atom stereocenters. The second-order valence-corrected chi connectivity index (χ2v) is 41.0. The van der Waals surface area contributed by atoms with E-state index in [1.54, 1.807) is 0 Å². The van der Waals surface area contributed by atoms with E-state index >= 15 is 0 Å². The molecule has 0 N–H and O–H groups in total. The van der Waals surface area contributed by atoms with Crippen molar-refractivity contribution in [3.8, 4) is 0 Å². The average molecular weight is 377 g/mol. The number of rotatable bonds is 6. The molecule has 0 saturated carbocycles. The van der Waals surface area contributed by atoms with Crippen molar-refractivity contribution < 1.29 is 8.85 Å². The third-order valence-corrected chi connectivity index (χ3v) is 47.5. The average Bonchev–Trinajstić information content (AvgIpc) is 2.28. The highest BCUT2D eigenvalue weighted by Gasteiger charge is 2.63. The van der Waals surface area contributed by atoms with Crippen LogP contribution >= 0.6 is 0 Å². The van der Waals surface area contributed by atoms with Crippen LogP contribution in [0.2, 0.25) is 64.0 Å². The minimum Gasteiger partial charge on any atom is -0.418 e. The van der Waals surface area contributed by atoms with Crippen LogP contribution in [0, 0.1) is 0 Å². The van der Waals surface area contributed by atoms with Crippen LogP contribution in [-0.2, 0) is 8.85 Å². The van der Waals surface area contributed by atoms with Crippen LogP contribution in [0.1, 0.15) is 27.2 Å². The van der Waals surface area contributed by atoms with Crippen molar-refractivity contribution in [3.63, 3.8) is 0 Å². The molecular weight excluding hydrogens is 337 g/mol. The van der Waals surface area contributed by atoms with Crippen molar-refractivity contribution in [2.75, 3.05) is 6.61 Å². The molecule has 1 aliphatic heterocycles. The van der Waals surface area contributed by atoms with Crippen molar-refractivity contribution in [3.05, 3.63) is 0 Å². The summed E-state index contributed by atoms with van der Waals surface area (Å²) in [5, 5.41) is 0. The Labute approximate surface area is 143 Å². The molecule has 132 valence electrons. The standard InChI is InChI=1S/C16H40O2Si4/c1-11-22(14-12-13-17-19(4,5)6)18-16(2,3)15-20(7,8)21(22,9)10/h11-15H2,1-10H3. The smallest absolute Gasteiger partial charge is 0.183 e. The normalized spacial score (nSPS) is 30.3. The first-order chi connectivity index (χ1) is 9.68. The minimum atomic E-state index is -1.62. The van der Waals surface area contributed by atoms with Gasteiger partial charge in [-0.15, -0.1) is 0 Å². The molecule has 0 aromatic heterocycles. The number of hydrogen-bond donors (Lipinski definition) is 0. The predicted molar refractivity (Wildman–Crippen MR) is 110 cm³/mol. The maximum Gasteiger partial charge on any atom is 0.183 e. The van der Waals surface area contributed by atoms with E-state index in [9.17, 15) is 0 Å². The quantitative estimate of drug-likeness (QED) is 0.445. The Kier molecular flexibility index (Phi) is 6.24. The first-order valence-corrected chi connectivity index (χ1v) is 23.0. The summed E-state index contributed by atoms with van der Waals surface area (Å²) >= 11 is 0. The van der Waals surface area contributed by atoms with Gasteiger partial charge in [0.15, 0.2) is 16.2 Å². The molecule has 2 nitrogen and oxygen atoms in total. The summed E-state index contributed by atoms with van der Waals surface area (Å²) in [6, 6.07) is 3.98. The summed E-state index contributed by atoms with van der Waals surface area (Å²) < 4.78 is 13.1. The molecule has 1 fully saturated rings. The molecule has 1 atom stereocenters. The predicted octanol–water partition coefficient (Wildman–Crippen LogP) is 5.58. The fourth-order valence-corrected chi connectivity index (χ4v) is 41.4. The number of hydrogen-bond acceptors (Lipinski definition) is 2. The zero-order valence-corrected chi connectivity index (χ0v) is 20.9. The van der Waals surface area contributed by atoms with Crippen LogP contribution in [0.3, 0.4) is 0 Å². The van der Waals surface area contributed by atoms with Crippen LogP contribution in [0.5, 0.6) is 0 Å². The van der Waals surface area contributed by atoms with Gasteiger partial charge in [-0.05, 0) is 58.0 Å². The maximum absolute atomic E-state index is 6.98. The zero-order chi connectivity index (χ0) is 17.4. The Bertz CT molecular complexity index is 388. The van der Waals surface area contributed by atoms with E-state index in [-0.39, 0.29) is 5.60 Å². The van der Waals surface area contributed by atoms with E-state index in [2.05, 4.69) is 66.6 Å². The lowest BCUT2D eigenvalue weighted by molar-refractivity contribution is 0.117. The molecule has 22 heavy (non-hydrogen) atoms. The van der Waals surface area contributed by atoms with E-state index in [4.69, 9.17) is 8.85 Å². The van der Waals surface area contributed by atoms with Crippen molar-refractivity contribution in [1.82, 2.24) is 0 Å². The molecule has 0 radical (unpaired) electrons. The van der Waals surface area contributed by atoms with Gasteiger partial charge in [-0.2, -0.15) is 0 Å². The second kappa shape index (κ2) is 6.59. The van der Waals surface area contributed by atoms with Gasteiger partial charge < -0.3 is 8.85 Å². The molecule has 0 bridgehead atoms. The lowest BCUT2D eigenvalue weighted by Crippen LogP contribution is -2.79. The molecule has 0 amide bonds. The second-order valence-electron chi connectivity index (χ2n) is 9.96. The van der Waals surface area contributed by atoms with Gasteiger partial charge in [-0.1, -0.05) is 33.1 Å². The van der Waals surface area contributed by atoms with Crippen molar-refractivity contribution >= 4 is 30.9 Å². The van der Waals surface area contributed by atoms with E-state index in [1.807, 2.05) is 0 Å². The largest absolute Gasteiger partial charge is 0.418 e. The zero-order valence-electron chi connectivity index (χ0n) is 16.9. The first kappa shape index (κ1) is 20.8. The van der Waals surface area contributed by atoms with Crippen LogP contribution in [-0.4, -0.2) is 43.1 Å². The molecule has 0 aromatic carbocycles. The van der Waals surface area contributed by atoms with Gasteiger partial charge in [-0.3, -0.25) is 0 Å². The summed E-state index contributed by atoms with van der Waals surface area (Å²) in [7, 11) is -5.43. The summed E-state index contributed by atoms with van der Waals surface area (Å²) in [5.41, 5.74) is 0.111. The van der Waals surface area contributed by atoms with Gasteiger partial charge in [-0.25, -0.2) is 0 Å². The molecule has 1 heterocycles. The van der Waals surface area contributed by atoms with E-state index < -0.39 is 30.9 Å². The Hall–Kier alpha value is 0.788. The molecular formula is C16H40O2Si4. The first-order valence-electron chi connectivity index (χ1n) is 9.02. The maximum atomic E-state index is 6.98. The van der Waals surface area contributed by atoms with Gasteiger partial charge in [0.1, 0.15) is 0 Å².